The Morgan fingerprint density at radius 3 is 2.30 bits per heavy atom. The molecule has 2 nitrogen and oxygen atoms in total. The number of hydrogen-bond donors (Lipinski definition) is 1. The third-order valence-electron chi connectivity index (χ3n) is 1.90. The van der Waals surface area contributed by atoms with Gasteiger partial charge in [0, 0.05) is 11.6 Å². The lowest BCUT2D eigenvalue weighted by molar-refractivity contribution is 0.441. The van der Waals surface area contributed by atoms with Crippen LogP contribution >= 0.6 is 0 Å². The van der Waals surface area contributed by atoms with Crippen LogP contribution in [0.3, 0.4) is 0 Å². The van der Waals surface area contributed by atoms with Crippen molar-refractivity contribution in [1.82, 2.24) is 0 Å². The van der Waals surface area contributed by atoms with Gasteiger partial charge in [-0.2, -0.15) is 5.26 Å². The third kappa shape index (κ3) is 1.77. The van der Waals surface area contributed by atoms with E-state index in [1.54, 1.807) is 0 Å². The maximum Gasteiger partial charge on any atom is 0.0967 e. The summed E-state index contributed by atoms with van der Waals surface area (Å²) < 4.78 is 0. The minimum atomic E-state index is -0.0660. The van der Waals surface area contributed by atoms with Crippen LogP contribution in [-0.4, -0.2) is 0 Å². The molecule has 10 heavy (non-hydrogen) atoms. The molecule has 0 aliphatic carbocycles. The monoisotopic (exact) mass is 138 g/mol. The van der Waals surface area contributed by atoms with Crippen molar-refractivity contribution in [3.05, 3.63) is 11.8 Å². The van der Waals surface area contributed by atoms with E-state index in [2.05, 4.69) is 6.07 Å². The molecule has 0 aromatic carbocycles. The van der Waals surface area contributed by atoms with E-state index in [-0.39, 0.29) is 5.41 Å². The zero-order valence-electron chi connectivity index (χ0n) is 6.81. The average molecular weight is 138 g/mol. The van der Waals surface area contributed by atoms with Gasteiger partial charge < -0.3 is 5.73 Å². The third-order valence-corrected chi connectivity index (χ3v) is 1.90. The molecule has 2 heteroatoms. The summed E-state index contributed by atoms with van der Waals surface area (Å²) in [5, 5.41) is 8.59. The maximum absolute atomic E-state index is 8.59. The zero-order valence-corrected chi connectivity index (χ0v) is 6.81. The summed E-state index contributed by atoms with van der Waals surface area (Å²) in [6, 6.07) is 2.08. The van der Waals surface area contributed by atoms with E-state index >= 15 is 0 Å². The van der Waals surface area contributed by atoms with Crippen molar-refractivity contribution >= 4 is 0 Å². The van der Waals surface area contributed by atoms with Gasteiger partial charge in [-0.3, -0.25) is 0 Å². The van der Waals surface area contributed by atoms with Crippen molar-refractivity contribution < 1.29 is 0 Å². The average Bonchev–Trinajstić information content (AvgIpc) is 1.90. The van der Waals surface area contributed by atoms with Gasteiger partial charge in [0.25, 0.3) is 0 Å². The Bertz CT molecular complexity index is 172. The molecule has 0 radical (unpaired) electrons. The molecule has 0 aromatic rings. The van der Waals surface area contributed by atoms with Crippen molar-refractivity contribution in [2.75, 3.05) is 0 Å². The molecule has 2 N–H and O–H groups in total. The Balaban J connectivity index is 4.48. The van der Waals surface area contributed by atoms with Crippen LogP contribution in [0.25, 0.3) is 0 Å². The van der Waals surface area contributed by atoms with Gasteiger partial charge >= 0.3 is 0 Å². The molecule has 0 heterocycles. The van der Waals surface area contributed by atoms with Crippen LogP contribution in [0.5, 0.6) is 0 Å². The predicted octanol–water partition coefficient (Wildman–Crippen LogP) is 1.79. The minimum Gasteiger partial charge on any atom is -0.404 e. The molecule has 0 rings (SSSR count). The van der Waals surface area contributed by atoms with E-state index in [1.807, 2.05) is 20.8 Å². The summed E-state index contributed by atoms with van der Waals surface area (Å²) in [4.78, 5) is 0. The first kappa shape index (κ1) is 9.03. The highest BCUT2D eigenvalue weighted by Crippen LogP contribution is 2.28. The van der Waals surface area contributed by atoms with Gasteiger partial charge in [0.15, 0.2) is 0 Å². The van der Waals surface area contributed by atoms with Crippen molar-refractivity contribution in [3.8, 4) is 6.07 Å². The number of rotatable bonds is 2. The summed E-state index contributed by atoms with van der Waals surface area (Å²) in [5.41, 5.74) is 5.86. The second-order valence-corrected chi connectivity index (χ2v) is 2.93. The Morgan fingerprint density at radius 1 is 1.70 bits per heavy atom. The summed E-state index contributed by atoms with van der Waals surface area (Å²) in [5.74, 6) is 0. The molecular formula is C8H14N2. The van der Waals surface area contributed by atoms with Crippen LogP contribution in [0.2, 0.25) is 0 Å². The maximum atomic E-state index is 8.59. The summed E-state index contributed by atoms with van der Waals surface area (Å²) in [6.45, 7) is 6.06. The first-order chi connectivity index (χ1) is 4.58. The van der Waals surface area contributed by atoms with Gasteiger partial charge in [0.2, 0.25) is 0 Å². The molecule has 56 valence electrons. The minimum absolute atomic E-state index is 0.0660. The Labute approximate surface area is 62.3 Å². The zero-order chi connectivity index (χ0) is 8.20. The van der Waals surface area contributed by atoms with Crippen LogP contribution in [0.4, 0.5) is 0 Å². The number of nitrogens with two attached hydrogens (primary N) is 1. The summed E-state index contributed by atoms with van der Waals surface area (Å²) >= 11 is 0. The standard InChI is InChI=1S/C8H14N2/c1-4-8(2,3)7(5-9)6-10/h5H,4,9H2,1-3H3/b7-5+. The molecule has 0 unspecified atom stereocenters. The van der Waals surface area contributed by atoms with Crippen LogP contribution in [-0.2, 0) is 0 Å². The van der Waals surface area contributed by atoms with Crippen LogP contribution in [0, 0.1) is 16.7 Å². The van der Waals surface area contributed by atoms with E-state index in [0.717, 1.165) is 6.42 Å². The van der Waals surface area contributed by atoms with Crippen molar-refractivity contribution in [3.63, 3.8) is 0 Å². The molecule has 0 bridgehead atoms. The second-order valence-electron chi connectivity index (χ2n) is 2.93. The largest absolute Gasteiger partial charge is 0.404 e. The highest BCUT2D eigenvalue weighted by molar-refractivity contribution is 5.26. The quantitative estimate of drug-likeness (QED) is 0.591. The van der Waals surface area contributed by atoms with E-state index in [0.29, 0.717) is 5.57 Å². The predicted molar refractivity (Wildman–Crippen MR) is 42.0 cm³/mol. The molecule has 0 saturated heterocycles. The number of nitrogens with zero attached hydrogens (tertiary/aromatic N) is 1. The highest BCUT2D eigenvalue weighted by Gasteiger charge is 2.19. The summed E-state index contributed by atoms with van der Waals surface area (Å²) in [7, 11) is 0. The summed E-state index contributed by atoms with van der Waals surface area (Å²) in [6.07, 6.45) is 2.33. The SMILES string of the molecule is CCC(C)(C)/C(C#N)=C/N. The van der Waals surface area contributed by atoms with Crippen molar-refractivity contribution in [2.24, 2.45) is 11.1 Å². The number of allylic oxidation sites excluding steroid dienone is 1. The fraction of sp³-hybridized carbons (Fsp3) is 0.625. The normalized spacial score (nSPS) is 12.8. The molecule has 0 atom stereocenters. The van der Waals surface area contributed by atoms with E-state index < -0.39 is 0 Å². The van der Waals surface area contributed by atoms with E-state index in [4.69, 9.17) is 11.0 Å². The topological polar surface area (TPSA) is 49.8 Å². The van der Waals surface area contributed by atoms with Crippen LogP contribution in [0.1, 0.15) is 27.2 Å². The second kappa shape index (κ2) is 3.26. The molecule has 0 aliphatic rings. The highest BCUT2D eigenvalue weighted by atomic mass is 14.5. The van der Waals surface area contributed by atoms with Crippen molar-refractivity contribution in [2.45, 2.75) is 27.2 Å². The Morgan fingerprint density at radius 2 is 2.20 bits per heavy atom. The Kier molecular flexibility index (Phi) is 2.95. The molecule has 0 amide bonds. The first-order valence-corrected chi connectivity index (χ1v) is 3.41. The van der Waals surface area contributed by atoms with Gasteiger partial charge in [-0.25, -0.2) is 0 Å². The van der Waals surface area contributed by atoms with Gasteiger partial charge in [0.1, 0.15) is 0 Å². The molecule has 0 aliphatic heterocycles. The molecule has 0 aromatic heterocycles. The van der Waals surface area contributed by atoms with Crippen molar-refractivity contribution in [1.29, 1.82) is 5.26 Å². The van der Waals surface area contributed by atoms with Crippen LogP contribution in [0.15, 0.2) is 11.8 Å². The van der Waals surface area contributed by atoms with Gasteiger partial charge in [-0.05, 0) is 6.42 Å². The van der Waals surface area contributed by atoms with E-state index in [9.17, 15) is 0 Å². The van der Waals surface area contributed by atoms with Gasteiger partial charge in [-0.1, -0.05) is 20.8 Å². The first-order valence-electron chi connectivity index (χ1n) is 3.41. The lowest BCUT2D eigenvalue weighted by Crippen LogP contribution is -2.13. The lowest BCUT2D eigenvalue weighted by atomic mass is 9.83. The molecule has 0 spiro atoms. The van der Waals surface area contributed by atoms with Gasteiger partial charge in [-0.15, -0.1) is 0 Å². The lowest BCUT2D eigenvalue weighted by Gasteiger charge is -2.20. The number of hydrogen-bond acceptors (Lipinski definition) is 2. The molecule has 0 fully saturated rings. The number of nitriles is 1. The fourth-order valence-corrected chi connectivity index (χ4v) is 0.605. The smallest absolute Gasteiger partial charge is 0.0967 e. The van der Waals surface area contributed by atoms with E-state index in [1.165, 1.54) is 6.20 Å². The van der Waals surface area contributed by atoms with Crippen LogP contribution < -0.4 is 5.73 Å². The fourth-order valence-electron chi connectivity index (χ4n) is 0.605. The van der Waals surface area contributed by atoms with Gasteiger partial charge in [0.05, 0.1) is 11.6 Å². The Hall–Kier alpha value is -0.970. The molecule has 0 saturated carbocycles. The molecular weight excluding hydrogens is 124 g/mol.